The lowest BCUT2D eigenvalue weighted by Gasteiger charge is -2.30. The number of likely N-dealkylation sites (N-methyl/N-ethyl adjacent to an activating group) is 1. The molecule has 0 spiro atoms. The minimum absolute atomic E-state index is 0.161. The molecule has 0 N–H and O–H groups in total. The summed E-state index contributed by atoms with van der Waals surface area (Å²) >= 11 is 0. The van der Waals surface area contributed by atoms with Crippen molar-refractivity contribution in [3.05, 3.63) is 59.8 Å². The molecule has 36 heavy (non-hydrogen) atoms. The first-order valence-electron chi connectivity index (χ1n) is 12.4. The quantitative estimate of drug-likeness (QED) is 0.573. The zero-order valence-corrected chi connectivity index (χ0v) is 22.0. The molecule has 2 aromatic rings. The van der Waals surface area contributed by atoms with Crippen LogP contribution in [0.2, 0.25) is 0 Å². The van der Waals surface area contributed by atoms with Crippen LogP contribution >= 0.6 is 0 Å². The van der Waals surface area contributed by atoms with Crippen molar-refractivity contribution in [2.45, 2.75) is 24.2 Å². The van der Waals surface area contributed by atoms with E-state index in [1.807, 2.05) is 12.1 Å². The second-order valence-corrected chi connectivity index (χ2v) is 11.7. The average Bonchev–Trinajstić information content (AvgIpc) is 3.10. The summed E-state index contributed by atoms with van der Waals surface area (Å²) in [6.45, 7) is 8.73. The van der Waals surface area contributed by atoms with Crippen molar-refractivity contribution in [2.24, 2.45) is 4.99 Å². The van der Waals surface area contributed by atoms with E-state index in [4.69, 9.17) is 14.5 Å². The van der Waals surface area contributed by atoms with Gasteiger partial charge in [0.2, 0.25) is 10.0 Å². The maximum atomic E-state index is 13.3. The molecular weight excluding hydrogens is 476 g/mol. The topological polar surface area (TPSA) is 74.7 Å². The minimum atomic E-state index is -3.62. The van der Waals surface area contributed by atoms with E-state index in [9.17, 15) is 8.42 Å². The highest BCUT2D eigenvalue weighted by Crippen LogP contribution is 2.46. The Kier molecular flexibility index (Phi) is 6.91. The summed E-state index contributed by atoms with van der Waals surface area (Å²) in [5.74, 6) is 0. The van der Waals surface area contributed by atoms with Crippen molar-refractivity contribution >= 4 is 33.3 Å². The van der Waals surface area contributed by atoms with Crippen LogP contribution in [0.15, 0.2) is 64.1 Å². The predicted octanol–water partition coefficient (Wildman–Crippen LogP) is 3.56. The third kappa shape index (κ3) is 4.56. The van der Waals surface area contributed by atoms with Gasteiger partial charge in [-0.3, -0.25) is 4.99 Å². The van der Waals surface area contributed by atoms with Crippen molar-refractivity contribution in [1.82, 2.24) is 4.31 Å². The first-order valence-corrected chi connectivity index (χ1v) is 13.9. The molecule has 0 atom stereocenters. The lowest BCUT2D eigenvalue weighted by Crippen LogP contribution is -2.40. The average molecular weight is 511 g/mol. The smallest absolute Gasteiger partial charge is 0.243 e. The molecule has 5 rings (SSSR count). The van der Waals surface area contributed by atoms with Crippen molar-refractivity contribution in [2.75, 3.05) is 69.5 Å². The van der Waals surface area contributed by atoms with Crippen LogP contribution in [0.4, 0.5) is 17.1 Å². The third-order valence-corrected chi connectivity index (χ3v) is 9.19. The highest BCUT2D eigenvalue weighted by atomic mass is 32.2. The highest BCUT2D eigenvalue weighted by Gasteiger charge is 2.37. The Bertz CT molecular complexity index is 1280. The largest absolute Gasteiger partial charge is 0.379 e. The number of anilines is 2. The molecule has 0 aromatic heterocycles. The molecule has 3 aliphatic heterocycles. The van der Waals surface area contributed by atoms with Crippen molar-refractivity contribution in [3.63, 3.8) is 0 Å². The van der Waals surface area contributed by atoms with Crippen LogP contribution in [0, 0.1) is 0 Å². The number of allylic oxidation sites excluding steroid dienone is 2. The number of fused-ring (bicyclic) bond motifs is 1. The second kappa shape index (κ2) is 9.97. The summed E-state index contributed by atoms with van der Waals surface area (Å²) in [4.78, 5) is 9.47. The first kappa shape index (κ1) is 25.0. The molecule has 192 valence electrons. The molecule has 0 unspecified atom stereocenters. The molecule has 0 radical (unpaired) electrons. The van der Waals surface area contributed by atoms with E-state index < -0.39 is 10.0 Å². The van der Waals surface area contributed by atoms with Gasteiger partial charge in [-0.25, -0.2) is 8.42 Å². The van der Waals surface area contributed by atoms with Gasteiger partial charge in [-0.15, -0.1) is 0 Å². The van der Waals surface area contributed by atoms with Gasteiger partial charge in [0.25, 0.3) is 0 Å². The highest BCUT2D eigenvalue weighted by molar-refractivity contribution is 7.89. The summed E-state index contributed by atoms with van der Waals surface area (Å²) in [6, 6.07) is 13.7. The Labute approximate surface area is 213 Å². The number of ether oxygens (including phenoxy) is 2. The van der Waals surface area contributed by atoms with Gasteiger partial charge in [0.1, 0.15) is 0 Å². The Hall–Kier alpha value is -2.72. The van der Waals surface area contributed by atoms with Gasteiger partial charge in [-0.1, -0.05) is 32.0 Å². The maximum Gasteiger partial charge on any atom is 0.243 e. The van der Waals surface area contributed by atoms with Crippen molar-refractivity contribution in [1.29, 1.82) is 0 Å². The molecule has 2 saturated heterocycles. The van der Waals surface area contributed by atoms with Crippen LogP contribution < -0.4 is 9.80 Å². The third-order valence-electron chi connectivity index (χ3n) is 7.29. The van der Waals surface area contributed by atoms with E-state index in [2.05, 4.69) is 55.0 Å². The molecule has 3 heterocycles. The van der Waals surface area contributed by atoms with Crippen LogP contribution in [0.3, 0.4) is 0 Å². The SMILES string of the molecule is CN1C(=CC=Nc2cc(S(=O)(=O)N3CCOCC3)ccc2N2CCOCC2)C(C)(C)c2ccccc21. The van der Waals surface area contributed by atoms with Crippen molar-refractivity contribution in [3.8, 4) is 0 Å². The number of rotatable bonds is 5. The Morgan fingerprint density at radius 3 is 2.28 bits per heavy atom. The molecule has 8 nitrogen and oxygen atoms in total. The molecular formula is C27H34N4O4S. The van der Waals surface area contributed by atoms with Gasteiger partial charge >= 0.3 is 0 Å². The number of sulfonamides is 1. The predicted molar refractivity (Wildman–Crippen MR) is 143 cm³/mol. The van der Waals surface area contributed by atoms with Crippen LogP contribution in [-0.2, 0) is 24.9 Å². The number of morpholine rings is 2. The number of hydrogen-bond acceptors (Lipinski definition) is 7. The van der Waals surface area contributed by atoms with Crippen LogP contribution in [0.25, 0.3) is 0 Å². The molecule has 0 saturated carbocycles. The molecule has 2 fully saturated rings. The molecule has 0 aliphatic carbocycles. The van der Waals surface area contributed by atoms with Crippen LogP contribution in [-0.4, -0.2) is 78.6 Å². The summed E-state index contributed by atoms with van der Waals surface area (Å²) in [6.07, 6.45) is 3.83. The van der Waals surface area contributed by atoms with Gasteiger partial charge in [-0.05, 0) is 35.9 Å². The fourth-order valence-corrected chi connectivity index (χ4v) is 6.69. The normalized spacial score (nSPS) is 21.9. The number of hydrogen-bond donors (Lipinski definition) is 0. The van der Waals surface area contributed by atoms with E-state index in [1.165, 1.54) is 15.6 Å². The van der Waals surface area contributed by atoms with E-state index >= 15 is 0 Å². The van der Waals surface area contributed by atoms with E-state index in [-0.39, 0.29) is 10.3 Å². The summed E-state index contributed by atoms with van der Waals surface area (Å²) in [5.41, 5.74) is 4.99. The fourth-order valence-electron chi connectivity index (χ4n) is 5.26. The summed E-state index contributed by atoms with van der Waals surface area (Å²) < 4.78 is 39.0. The van der Waals surface area contributed by atoms with E-state index in [1.54, 1.807) is 18.3 Å². The summed E-state index contributed by atoms with van der Waals surface area (Å²) in [7, 11) is -1.55. The Balaban J connectivity index is 1.50. The van der Waals surface area contributed by atoms with Gasteiger partial charge in [0.05, 0.1) is 42.7 Å². The number of nitrogens with zero attached hydrogens (tertiary/aromatic N) is 4. The maximum absolute atomic E-state index is 13.3. The zero-order valence-electron chi connectivity index (χ0n) is 21.2. The minimum Gasteiger partial charge on any atom is -0.379 e. The Morgan fingerprint density at radius 2 is 1.58 bits per heavy atom. The number of aliphatic imine (C=N–C) groups is 1. The first-order chi connectivity index (χ1) is 17.3. The van der Waals surface area contributed by atoms with Gasteiger partial charge < -0.3 is 19.3 Å². The lowest BCUT2D eigenvalue weighted by atomic mass is 9.84. The zero-order chi connectivity index (χ0) is 25.3. The van der Waals surface area contributed by atoms with Gasteiger partial charge in [-0.2, -0.15) is 4.31 Å². The number of benzene rings is 2. The Morgan fingerprint density at radius 1 is 0.917 bits per heavy atom. The molecule has 0 amide bonds. The van der Waals surface area contributed by atoms with Crippen LogP contribution in [0.5, 0.6) is 0 Å². The molecule has 9 heteroatoms. The van der Waals surface area contributed by atoms with Gasteiger partial charge in [0, 0.05) is 56.2 Å². The number of para-hydroxylation sites is 1. The standard InChI is InChI=1S/C27H34N4O4S/c1-27(2)22-6-4-5-7-24(22)29(3)26(27)10-11-28-23-20-21(36(32,33)31-14-18-35-19-15-31)8-9-25(23)30-12-16-34-17-13-30/h4-11,20H,12-19H2,1-3H3. The van der Waals surface area contributed by atoms with Crippen LogP contribution in [0.1, 0.15) is 19.4 Å². The van der Waals surface area contributed by atoms with E-state index in [0.29, 0.717) is 45.2 Å². The molecule has 0 bridgehead atoms. The van der Waals surface area contributed by atoms with Gasteiger partial charge in [0.15, 0.2) is 0 Å². The fraction of sp³-hybridized carbons (Fsp3) is 0.444. The molecule has 3 aliphatic rings. The van der Waals surface area contributed by atoms with Crippen molar-refractivity contribution < 1.29 is 17.9 Å². The second-order valence-electron chi connectivity index (χ2n) is 9.80. The monoisotopic (exact) mass is 510 g/mol. The van der Waals surface area contributed by atoms with E-state index in [0.717, 1.165) is 24.5 Å². The summed E-state index contributed by atoms with van der Waals surface area (Å²) in [5, 5.41) is 0. The lowest BCUT2D eigenvalue weighted by molar-refractivity contribution is 0.0730. The molecule has 2 aromatic carbocycles.